The third kappa shape index (κ3) is 5.93. The molecule has 3 rings (SSSR count). The highest BCUT2D eigenvalue weighted by molar-refractivity contribution is 9.10. The van der Waals surface area contributed by atoms with Crippen LogP contribution in [0.2, 0.25) is 10.0 Å². The van der Waals surface area contributed by atoms with Gasteiger partial charge in [-0.25, -0.2) is 0 Å². The summed E-state index contributed by atoms with van der Waals surface area (Å²) in [6.45, 7) is 0. The number of nitriles is 1. The predicted molar refractivity (Wildman–Crippen MR) is 137 cm³/mol. The molecule has 2 amide bonds. The molecule has 2 aromatic carbocycles. The molecule has 35 heavy (non-hydrogen) atoms. The quantitative estimate of drug-likeness (QED) is 0.345. The summed E-state index contributed by atoms with van der Waals surface area (Å²) in [4.78, 5) is 38.0. The predicted octanol–water partition coefficient (Wildman–Crippen LogP) is 4.87. The van der Waals surface area contributed by atoms with Crippen molar-refractivity contribution >= 4 is 74.4 Å². The number of carbonyl (C=O) groups is 3. The highest BCUT2D eigenvalue weighted by atomic mass is 79.9. The Labute approximate surface area is 224 Å². The van der Waals surface area contributed by atoms with Crippen molar-refractivity contribution < 1.29 is 23.9 Å². The van der Waals surface area contributed by atoms with E-state index in [2.05, 4.69) is 32.6 Å². The molecule has 0 fully saturated rings. The Morgan fingerprint density at radius 2 is 2.00 bits per heavy atom. The van der Waals surface area contributed by atoms with E-state index in [1.807, 2.05) is 0 Å². The molecule has 2 N–H and O–H groups in total. The van der Waals surface area contributed by atoms with Gasteiger partial charge in [0.15, 0.2) is 0 Å². The molecule has 1 heterocycles. The first-order valence-electron chi connectivity index (χ1n) is 9.94. The standard InChI is InChI=1S/C23H18BrCl2N3O5S/c1-33-16-7-6-11(8-13(16)24)18-12(9-27)22(29-21(31)19(18)23(32)34-2)35-10-17(30)28-15-5-3-4-14(25)20(15)26/h3-8,18-19H,10H2,1-2H3,(H,28,30)(H,29,31)/t18-,19+/m0/s1. The van der Waals surface area contributed by atoms with Gasteiger partial charge in [-0.2, -0.15) is 5.26 Å². The number of amides is 2. The zero-order chi connectivity index (χ0) is 25.7. The number of methoxy groups -OCH3 is 2. The van der Waals surface area contributed by atoms with Gasteiger partial charge in [-0.1, -0.05) is 47.1 Å². The Balaban J connectivity index is 1.93. The number of allylic oxidation sites excluding steroid dienone is 1. The van der Waals surface area contributed by atoms with Crippen molar-refractivity contribution in [2.24, 2.45) is 5.92 Å². The molecule has 1 aliphatic rings. The van der Waals surface area contributed by atoms with E-state index in [0.717, 1.165) is 11.8 Å². The second-order valence-corrected chi connectivity index (χ2v) is 9.78. The largest absolute Gasteiger partial charge is 0.496 e. The molecular formula is C23H18BrCl2N3O5S. The summed E-state index contributed by atoms with van der Waals surface area (Å²) in [5.41, 5.74) is 0.974. The average molecular weight is 599 g/mol. The second kappa shape index (κ2) is 11.8. The number of benzene rings is 2. The Morgan fingerprint density at radius 3 is 2.63 bits per heavy atom. The number of carbonyl (C=O) groups excluding carboxylic acids is 3. The van der Waals surface area contributed by atoms with Crippen molar-refractivity contribution in [3.8, 4) is 11.8 Å². The zero-order valence-electron chi connectivity index (χ0n) is 18.4. The second-order valence-electron chi connectivity index (χ2n) is 7.15. The molecule has 8 nitrogen and oxygen atoms in total. The van der Waals surface area contributed by atoms with Crippen LogP contribution in [-0.2, 0) is 19.1 Å². The molecule has 0 saturated carbocycles. The highest BCUT2D eigenvalue weighted by Gasteiger charge is 2.44. The maximum atomic E-state index is 12.9. The maximum absolute atomic E-state index is 12.9. The number of rotatable bonds is 7. The van der Waals surface area contributed by atoms with Gasteiger partial charge < -0.3 is 20.1 Å². The SMILES string of the molecule is COC(=O)[C@H]1C(=O)NC(SCC(=O)Nc2cccc(Cl)c2Cl)=C(C#N)[C@@H]1c1ccc(OC)c(Br)c1. The minimum Gasteiger partial charge on any atom is -0.496 e. The lowest BCUT2D eigenvalue weighted by Gasteiger charge is -2.31. The Kier molecular flexibility index (Phi) is 9.08. The zero-order valence-corrected chi connectivity index (χ0v) is 22.3. The summed E-state index contributed by atoms with van der Waals surface area (Å²) in [5.74, 6) is -3.70. The molecule has 2 aromatic rings. The Hall–Kier alpha value is -2.71. The van der Waals surface area contributed by atoms with Gasteiger partial charge in [0.1, 0.15) is 11.7 Å². The fourth-order valence-electron chi connectivity index (χ4n) is 3.48. The lowest BCUT2D eigenvalue weighted by Crippen LogP contribution is -2.44. The first-order valence-corrected chi connectivity index (χ1v) is 12.5. The number of hydrogen-bond acceptors (Lipinski definition) is 7. The minimum absolute atomic E-state index is 0.121. The Morgan fingerprint density at radius 1 is 1.26 bits per heavy atom. The number of nitrogens with zero attached hydrogens (tertiary/aromatic N) is 1. The molecule has 0 unspecified atom stereocenters. The normalized spacial score (nSPS) is 17.3. The van der Waals surface area contributed by atoms with E-state index >= 15 is 0 Å². The van der Waals surface area contributed by atoms with E-state index in [0.29, 0.717) is 21.5 Å². The summed E-state index contributed by atoms with van der Waals surface area (Å²) in [6.07, 6.45) is 0. The minimum atomic E-state index is -1.29. The van der Waals surface area contributed by atoms with E-state index in [1.54, 1.807) is 36.4 Å². The molecule has 1 aliphatic heterocycles. The number of hydrogen-bond donors (Lipinski definition) is 2. The summed E-state index contributed by atoms with van der Waals surface area (Å²) in [6, 6.07) is 11.9. The van der Waals surface area contributed by atoms with Crippen molar-refractivity contribution in [1.82, 2.24) is 5.32 Å². The van der Waals surface area contributed by atoms with Crippen LogP contribution in [0.3, 0.4) is 0 Å². The third-order valence-electron chi connectivity index (χ3n) is 5.09. The van der Waals surface area contributed by atoms with Gasteiger partial charge in [-0.05, 0) is 45.8 Å². The first-order chi connectivity index (χ1) is 16.7. The fraction of sp³-hybridized carbons (Fsp3) is 0.217. The van der Waals surface area contributed by atoms with Crippen LogP contribution in [0.5, 0.6) is 5.75 Å². The van der Waals surface area contributed by atoms with Crippen LogP contribution in [0.25, 0.3) is 0 Å². The van der Waals surface area contributed by atoms with Crippen molar-refractivity contribution in [2.45, 2.75) is 5.92 Å². The molecular weight excluding hydrogens is 581 g/mol. The average Bonchev–Trinajstić information content (AvgIpc) is 2.84. The molecule has 0 bridgehead atoms. The summed E-state index contributed by atoms with van der Waals surface area (Å²) >= 11 is 16.4. The monoisotopic (exact) mass is 597 g/mol. The van der Waals surface area contributed by atoms with Crippen LogP contribution >= 0.6 is 50.9 Å². The molecule has 2 atom stereocenters. The third-order valence-corrected chi connectivity index (χ3v) is 7.55. The molecule has 0 aromatic heterocycles. The maximum Gasteiger partial charge on any atom is 0.319 e. The number of halogens is 3. The van der Waals surface area contributed by atoms with Gasteiger partial charge in [-0.3, -0.25) is 14.4 Å². The van der Waals surface area contributed by atoms with Crippen molar-refractivity contribution in [3.05, 3.63) is 67.1 Å². The van der Waals surface area contributed by atoms with E-state index < -0.39 is 29.6 Å². The first kappa shape index (κ1) is 26.9. The van der Waals surface area contributed by atoms with Crippen LogP contribution < -0.4 is 15.4 Å². The van der Waals surface area contributed by atoms with Crippen LogP contribution in [0.1, 0.15) is 11.5 Å². The number of anilines is 1. The van der Waals surface area contributed by atoms with Gasteiger partial charge >= 0.3 is 5.97 Å². The topological polar surface area (TPSA) is 118 Å². The van der Waals surface area contributed by atoms with Gasteiger partial charge in [0.25, 0.3) is 0 Å². The van der Waals surface area contributed by atoms with E-state index in [-0.39, 0.29) is 26.4 Å². The molecule has 12 heteroatoms. The van der Waals surface area contributed by atoms with Gasteiger partial charge in [0.05, 0.1) is 56.8 Å². The van der Waals surface area contributed by atoms with Gasteiger partial charge in [-0.15, -0.1) is 0 Å². The van der Waals surface area contributed by atoms with E-state index in [1.165, 1.54) is 14.2 Å². The number of thioether (sulfide) groups is 1. The molecule has 0 aliphatic carbocycles. The Bertz CT molecular complexity index is 1260. The number of nitrogens with one attached hydrogen (secondary N) is 2. The number of ether oxygens (including phenoxy) is 2. The molecule has 0 spiro atoms. The van der Waals surface area contributed by atoms with E-state index in [9.17, 15) is 19.6 Å². The smallest absolute Gasteiger partial charge is 0.319 e. The lowest BCUT2D eigenvalue weighted by atomic mass is 9.78. The number of esters is 1. The molecule has 0 radical (unpaired) electrons. The fourth-order valence-corrected chi connectivity index (χ4v) is 5.23. The van der Waals surface area contributed by atoms with Crippen molar-refractivity contribution in [1.29, 1.82) is 5.26 Å². The van der Waals surface area contributed by atoms with Crippen LogP contribution in [0.15, 0.2) is 51.5 Å². The van der Waals surface area contributed by atoms with Crippen LogP contribution in [0.4, 0.5) is 5.69 Å². The van der Waals surface area contributed by atoms with Crippen LogP contribution in [0, 0.1) is 17.2 Å². The summed E-state index contributed by atoms with van der Waals surface area (Å²) < 4.78 is 10.7. The summed E-state index contributed by atoms with van der Waals surface area (Å²) in [7, 11) is 2.67. The van der Waals surface area contributed by atoms with E-state index in [4.69, 9.17) is 32.7 Å². The summed E-state index contributed by atoms with van der Waals surface area (Å²) in [5, 5.41) is 15.9. The highest BCUT2D eigenvalue weighted by Crippen LogP contribution is 2.42. The van der Waals surface area contributed by atoms with Crippen molar-refractivity contribution in [3.63, 3.8) is 0 Å². The molecule has 0 saturated heterocycles. The van der Waals surface area contributed by atoms with Gasteiger partial charge in [0.2, 0.25) is 11.8 Å². The van der Waals surface area contributed by atoms with Gasteiger partial charge in [0, 0.05) is 5.92 Å². The lowest BCUT2D eigenvalue weighted by molar-refractivity contribution is -0.150. The molecule has 182 valence electrons. The van der Waals surface area contributed by atoms with Crippen LogP contribution in [-0.4, -0.2) is 37.8 Å². The van der Waals surface area contributed by atoms with Crippen molar-refractivity contribution in [2.75, 3.05) is 25.3 Å².